The second-order valence-corrected chi connectivity index (χ2v) is 7.00. The van der Waals surface area contributed by atoms with Gasteiger partial charge in [-0.15, -0.1) is 0 Å². The fourth-order valence-corrected chi connectivity index (χ4v) is 3.66. The zero-order valence-corrected chi connectivity index (χ0v) is 15.9. The van der Waals surface area contributed by atoms with Crippen molar-refractivity contribution in [1.29, 1.82) is 0 Å². The molecule has 1 saturated carbocycles. The first-order valence-electron chi connectivity index (χ1n) is 9.36. The molecule has 0 radical (unpaired) electrons. The highest BCUT2D eigenvalue weighted by atomic mass is 19.1. The van der Waals surface area contributed by atoms with E-state index >= 15 is 0 Å². The maximum atomic E-state index is 13.2. The van der Waals surface area contributed by atoms with Gasteiger partial charge in [0.2, 0.25) is 0 Å². The van der Waals surface area contributed by atoms with Gasteiger partial charge >= 0.3 is 5.97 Å². The third kappa shape index (κ3) is 4.50. The molecule has 28 heavy (non-hydrogen) atoms. The maximum Gasteiger partial charge on any atom is 0.317 e. The maximum absolute atomic E-state index is 13.2. The lowest BCUT2D eigenvalue weighted by atomic mass is 9.79. The first-order chi connectivity index (χ1) is 13.5. The Morgan fingerprint density at radius 2 is 1.82 bits per heavy atom. The molecule has 2 aromatic rings. The van der Waals surface area contributed by atoms with E-state index < -0.39 is 11.4 Å². The molecule has 0 bridgehead atoms. The fraction of sp³-hybridized carbons (Fsp3) is 0.364. The molecule has 1 aliphatic rings. The van der Waals surface area contributed by atoms with Gasteiger partial charge in [-0.2, -0.15) is 0 Å². The van der Waals surface area contributed by atoms with E-state index in [1.54, 1.807) is 19.2 Å². The van der Waals surface area contributed by atoms with E-state index in [9.17, 15) is 14.0 Å². The van der Waals surface area contributed by atoms with Crippen molar-refractivity contribution in [1.82, 2.24) is 5.32 Å². The molecule has 0 spiro atoms. The first-order valence-corrected chi connectivity index (χ1v) is 9.36. The Hall–Kier alpha value is -2.89. The number of amides is 1. The summed E-state index contributed by atoms with van der Waals surface area (Å²) in [5, 5.41) is 2.73. The predicted octanol–water partition coefficient (Wildman–Crippen LogP) is 3.51. The molecule has 1 aliphatic carbocycles. The summed E-state index contributed by atoms with van der Waals surface area (Å²) in [5.41, 5.74) is 0.839. The minimum atomic E-state index is -0.791. The van der Waals surface area contributed by atoms with E-state index in [0.717, 1.165) is 24.0 Å². The molecule has 1 amide bonds. The van der Waals surface area contributed by atoms with E-state index in [4.69, 9.17) is 9.47 Å². The number of hydrogen-bond acceptors (Lipinski definition) is 4. The molecule has 2 aromatic carbocycles. The number of halogens is 1. The lowest BCUT2D eigenvalue weighted by Gasteiger charge is -2.27. The van der Waals surface area contributed by atoms with Crippen LogP contribution < -0.4 is 10.1 Å². The summed E-state index contributed by atoms with van der Waals surface area (Å²) in [6.07, 6.45) is 3.08. The molecule has 0 saturated heterocycles. The van der Waals surface area contributed by atoms with Crippen molar-refractivity contribution < 1.29 is 23.5 Å². The van der Waals surface area contributed by atoms with Gasteiger partial charge in [-0.25, -0.2) is 4.39 Å². The van der Waals surface area contributed by atoms with E-state index in [1.807, 2.05) is 24.3 Å². The van der Waals surface area contributed by atoms with E-state index in [1.165, 1.54) is 12.1 Å². The molecule has 0 atom stereocenters. The first kappa shape index (κ1) is 19.9. The zero-order valence-electron chi connectivity index (χ0n) is 15.9. The second kappa shape index (κ2) is 8.87. The number of hydrogen-bond donors (Lipinski definition) is 1. The summed E-state index contributed by atoms with van der Waals surface area (Å²) in [6.45, 7) is -0.0254. The number of esters is 1. The van der Waals surface area contributed by atoms with Crippen LogP contribution in [0.1, 0.15) is 36.8 Å². The quantitative estimate of drug-likeness (QED) is 0.741. The van der Waals surface area contributed by atoms with Crippen molar-refractivity contribution >= 4 is 11.9 Å². The van der Waals surface area contributed by atoms with Crippen LogP contribution in [0.2, 0.25) is 0 Å². The smallest absolute Gasteiger partial charge is 0.317 e. The van der Waals surface area contributed by atoms with Crippen molar-refractivity contribution in [2.75, 3.05) is 13.7 Å². The van der Waals surface area contributed by atoms with Crippen LogP contribution >= 0.6 is 0 Å². The van der Waals surface area contributed by atoms with Gasteiger partial charge in [-0.1, -0.05) is 37.1 Å². The highest BCUT2D eigenvalue weighted by molar-refractivity contribution is 5.86. The lowest BCUT2D eigenvalue weighted by molar-refractivity contribution is -0.154. The van der Waals surface area contributed by atoms with Crippen molar-refractivity contribution in [2.24, 2.45) is 0 Å². The molecule has 148 valence electrons. The Balaban J connectivity index is 1.57. The minimum Gasteiger partial charge on any atom is -0.497 e. The Bertz CT molecular complexity index is 829. The predicted molar refractivity (Wildman–Crippen MR) is 102 cm³/mol. The van der Waals surface area contributed by atoms with E-state index in [2.05, 4.69) is 5.32 Å². The van der Waals surface area contributed by atoms with Crippen molar-refractivity contribution in [3.05, 3.63) is 65.5 Å². The SMILES string of the molecule is COc1cccc(CNC(=O)COC(=O)C2(c3ccc(F)cc3)CCCC2)c1. The van der Waals surface area contributed by atoms with Gasteiger partial charge in [-0.05, 0) is 48.2 Å². The Kier molecular flexibility index (Phi) is 6.29. The van der Waals surface area contributed by atoms with Crippen molar-refractivity contribution in [3.8, 4) is 5.75 Å². The average molecular weight is 385 g/mol. The fourth-order valence-electron chi connectivity index (χ4n) is 3.66. The van der Waals surface area contributed by atoms with E-state index in [-0.39, 0.29) is 18.3 Å². The third-order valence-electron chi connectivity index (χ3n) is 5.20. The molecule has 1 N–H and O–H groups in total. The molecule has 1 fully saturated rings. The van der Waals surface area contributed by atoms with Crippen LogP contribution in [0.15, 0.2) is 48.5 Å². The number of methoxy groups -OCH3 is 1. The molecule has 3 rings (SSSR count). The second-order valence-electron chi connectivity index (χ2n) is 7.00. The summed E-state index contributed by atoms with van der Waals surface area (Å²) in [5.74, 6) is -0.431. The Morgan fingerprint density at radius 3 is 2.50 bits per heavy atom. The van der Waals surface area contributed by atoms with Gasteiger partial charge < -0.3 is 14.8 Å². The number of carbonyl (C=O) groups is 2. The van der Waals surface area contributed by atoms with Crippen molar-refractivity contribution in [2.45, 2.75) is 37.6 Å². The van der Waals surface area contributed by atoms with Gasteiger partial charge in [0.05, 0.1) is 12.5 Å². The van der Waals surface area contributed by atoms with Crippen LogP contribution in [0.25, 0.3) is 0 Å². The number of rotatable bonds is 7. The van der Waals surface area contributed by atoms with Gasteiger partial charge in [-0.3, -0.25) is 9.59 Å². The van der Waals surface area contributed by atoms with Crippen LogP contribution in [0.5, 0.6) is 5.75 Å². The molecule has 0 aromatic heterocycles. The molecule has 0 heterocycles. The molecule has 6 heteroatoms. The molecular weight excluding hydrogens is 361 g/mol. The molecule has 0 unspecified atom stereocenters. The van der Waals surface area contributed by atoms with Gasteiger partial charge in [0.1, 0.15) is 11.6 Å². The highest BCUT2D eigenvalue weighted by Crippen LogP contribution is 2.42. The number of ether oxygens (including phenoxy) is 2. The number of benzene rings is 2. The average Bonchev–Trinajstić information content (AvgIpc) is 3.22. The number of nitrogens with one attached hydrogen (secondary N) is 1. The largest absolute Gasteiger partial charge is 0.497 e. The summed E-state index contributed by atoms with van der Waals surface area (Å²) in [7, 11) is 1.58. The standard InChI is InChI=1S/C22H24FNO4/c1-27-19-6-4-5-16(13-19)14-24-20(25)15-28-21(26)22(11-2-3-12-22)17-7-9-18(23)10-8-17/h4-10,13H,2-3,11-12,14-15H2,1H3,(H,24,25). The van der Waals surface area contributed by atoms with Crippen LogP contribution in [-0.2, 0) is 26.3 Å². The summed E-state index contributed by atoms with van der Waals surface area (Å²) >= 11 is 0. The molecule has 0 aliphatic heterocycles. The molecular formula is C22H24FNO4. The van der Waals surface area contributed by atoms with Crippen LogP contribution in [0.4, 0.5) is 4.39 Å². The normalized spacial score (nSPS) is 15.1. The Labute approximate surface area is 163 Å². The number of carbonyl (C=O) groups excluding carboxylic acids is 2. The molecule has 5 nitrogen and oxygen atoms in total. The van der Waals surface area contributed by atoms with Gasteiger partial charge in [0, 0.05) is 6.54 Å². The van der Waals surface area contributed by atoms with Gasteiger partial charge in [0.25, 0.3) is 5.91 Å². The van der Waals surface area contributed by atoms with Crippen LogP contribution in [0, 0.1) is 5.82 Å². The van der Waals surface area contributed by atoms with E-state index in [0.29, 0.717) is 25.1 Å². The lowest BCUT2D eigenvalue weighted by Crippen LogP contribution is -2.37. The topological polar surface area (TPSA) is 64.6 Å². The van der Waals surface area contributed by atoms with Gasteiger partial charge in [0.15, 0.2) is 6.61 Å². The highest BCUT2D eigenvalue weighted by Gasteiger charge is 2.44. The van der Waals surface area contributed by atoms with Crippen LogP contribution in [0.3, 0.4) is 0 Å². The van der Waals surface area contributed by atoms with Crippen LogP contribution in [-0.4, -0.2) is 25.6 Å². The third-order valence-corrected chi connectivity index (χ3v) is 5.20. The summed E-state index contributed by atoms with van der Waals surface area (Å²) in [4.78, 5) is 24.9. The monoisotopic (exact) mass is 385 g/mol. The minimum absolute atomic E-state index is 0.316. The summed E-state index contributed by atoms with van der Waals surface area (Å²) in [6, 6.07) is 13.3. The zero-order chi connectivity index (χ0) is 20.0. The Morgan fingerprint density at radius 1 is 1.11 bits per heavy atom. The van der Waals surface area contributed by atoms with Crippen molar-refractivity contribution in [3.63, 3.8) is 0 Å². The summed E-state index contributed by atoms with van der Waals surface area (Å²) < 4.78 is 23.7.